The number of nitrogens with one attached hydrogen (secondary N) is 1. The van der Waals surface area contributed by atoms with Gasteiger partial charge in [-0.2, -0.15) is 0 Å². The summed E-state index contributed by atoms with van der Waals surface area (Å²) in [5.41, 5.74) is 5.30. The number of amides is 2. The first-order valence-corrected chi connectivity index (χ1v) is 6.61. The maximum atomic E-state index is 12.2. The molecule has 0 bridgehead atoms. The predicted molar refractivity (Wildman–Crippen MR) is 68.2 cm³/mol. The van der Waals surface area contributed by atoms with E-state index in [4.69, 9.17) is 5.73 Å². The van der Waals surface area contributed by atoms with Crippen LogP contribution in [0.15, 0.2) is 0 Å². The van der Waals surface area contributed by atoms with Gasteiger partial charge in [-0.05, 0) is 19.3 Å². The number of aromatic nitrogens is 3. The summed E-state index contributed by atoms with van der Waals surface area (Å²) in [6, 6.07) is 0. The van der Waals surface area contributed by atoms with Crippen LogP contribution in [0.5, 0.6) is 0 Å². The molecule has 1 atom stereocenters. The number of rotatable bonds is 4. The van der Waals surface area contributed by atoms with E-state index in [-0.39, 0.29) is 23.6 Å². The van der Waals surface area contributed by atoms with Crippen molar-refractivity contribution in [2.75, 3.05) is 13.1 Å². The van der Waals surface area contributed by atoms with E-state index in [1.54, 1.807) is 4.90 Å². The summed E-state index contributed by atoms with van der Waals surface area (Å²) in [5, 5.41) is 6.70. The van der Waals surface area contributed by atoms with E-state index in [0.29, 0.717) is 18.9 Å². The summed E-state index contributed by atoms with van der Waals surface area (Å²) in [6.07, 6.45) is 3.24. The Morgan fingerprint density at radius 2 is 2.32 bits per heavy atom. The van der Waals surface area contributed by atoms with E-state index in [0.717, 1.165) is 25.7 Å². The largest absolute Gasteiger partial charge is 0.369 e. The van der Waals surface area contributed by atoms with Crippen LogP contribution in [0.2, 0.25) is 0 Å². The van der Waals surface area contributed by atoms with Crippen molar-refractivity contribution in [1.29, 1.82) is 0 Å². The zero-order valence-corrected chi connectivity index (χ0v) is 11.1. The van der Waals surface area contributed by atoms with Crippen LogP contribution in [0.3, 0.4) is 0 Å². The van der Waals surface area contributed by atoms with Gasteiger partial charge in [-0.25, -0.2) is 4.98 Å². The molecule has 1 aromatic rings. The van der Waals surface area contributed by atoms with E-state index in [2.05, 4.69) is 15.2 Å². The van der Waals surface area contributed by atoms with Crippen LogP contribution in [0.4, 0.5) is 0 Å². The number of H-pyrrole nitrogens is 1. The molecule has 0 radical (unpaired) electrons. The van der Waals surface area contributed by atoms with Crippen molar-refractivity contribution < 1.29 is 9.59 Å². The van der Waals surface area contributed by atoms with E-state index in [9.17, 15) is 9.59 Å². The number of nitrogens with zero attached hydrogens (tertiary/aromatic N) is 3. The highest BCUT2D eigenvalue weighted by atomic mass is 16.2. The molecule has 19 heavy (non-hydrogen) atoms. The van der Waals surface area contributed by atoms with Gasteiger partial charge in [0.15, 0.2) is 0 Å². The summed E-state index contributed by atoms with van der Waals surface area (Å²) < 4.78 is 0. The van der Waals surface area contributed by atoms with Crippen LogP contribution in [-0.2, 0) is 11.2 Å². The lowest BCUT2D eigenvalue weighted by Crippen LogP contribution is -2.44. The summed E-state index contributed by atoms with van der Waals surface area (Å²) in [4.78, 5) is 29.2. The molecule has 2 amide bonds. The molecule has 1 saturated heterocycles. The molecule has 1 aliphatic heterocycles. The van der Waals surface area contributed by atoms with Crippen molar-refractivity contribution in [3.8, 4) is 0 Å². The fourth-order valence-corrected chi connectivity index (χ4v) is 2.27. The van der Waals surface area contributed by atoms with Gasteiger partial charge in [-0.1, -0.05) is 6.92 Å². The Labute approximate surface area is 111 Å². The van der Waals surface area contributed by atoms with Gasteiger partial charge >= 0.3 is 0 Å². The number of piperidine rings is 1. The van der Waals surface area contributed by atoms with Crippen molar-refractivity contribution in [2.24, 2.45) is 11.7 Å². The van der Waals surface area contributed by atoms with Crippen LogP contribution in [-0.4, -0.2) is 45.0 Å². The summed E-state index contributed by atoms with van der Waals surface area (Å²) >= 11 is 0. The first kappa shape index (κ1) is 13.5. The van der Waals surface area contributed by atoms with Gasteiger partial charge in [0, 0.05) is 19.5 Å². The van der Waals surface area contributed by atoms with Crippen molar-refractivity contribution in [3.05, 3.63) is 11.6 Å². The number of hydrogen-bond donors (Lipinski definition) is 2. The maximum Gasteiger partial charge on any atom is 0.293 e. The van der Waals surface area contributed by atoms with Crippen LogP contribution in [0.1, 0.15) is 42.6 Å². The van der Waals surface area contributed by atoms with Gasteiger partial charge in [0.05, 0.1) is 5.92 Å². The first-order valence-electron chi connectivity index (χ1n) is 6.61. The molecule has 0 aromatic carbocycles. The quantitative estimate of drug-likeness (QED) is 0.805. The second-order valence-corrected chi connectivity index (χ2v) is 4.85. The standard InChI is InChI=1S/C12H19N5O2/c1-2-4-9-14-11(16-15-9)12(19)17-6-3-5-8(7-17)10(13)18/h8H,2-7H2,1H3,(H2,13,18)(H,14,15,16). The summed E-state index contributed by atoms with van der Waals surface area (Å²) in [7, 11) is 0. The second-order valence-electron chi connectivity index (χ2n) is 4.85. The van der Waals surface area contributed by atoms with E-state index in [1.165, 1.54) is 0 Å². The van der Waals surface area contributed by atoms with Gasteiger partial charge in [0.2, 0.25) is 11.7 Å². The van der Waals surface area contributed by atoms with E-state index < -0.39 is 0 Å². The lowest BCUT2D eigenvalue weighted by Gasteiger charge is -2.30. The minimum atomic E-state index is -0.348. The zero-order valence-electron chi connectivity index (χ0n) is 11.1. The molecule has 2 heterocycles. The molecule has 2 rings (SSSR count). The molecule has 0 spiro atoms. The number of likely N-dealkylation sites (tertiary alicyclic amines) is 1. The van der Waals surface area contributed by atoms with E-state index >= 15 is 0 Å². The summed E-state index contributed by atoms with van der Waals surface area (Å²) in [5.74, 6) is 0.0540. The minimum absolute atomic E-state index is 0.175. The number of hydrogen-bond acceptors (Lipinski definition) is 4. The monoisotopic (exact) mass is 265 g/mol. The van der Waals surface area contributed by atoms with Crippen LogP contribution in [0.25, 0.3) is 0 Å². The third kappa shape index (κ3) is 3.10. The maximum absolute atomic E-state index is 12.2. The highest BCUT2D eigenvalue weighted by molar-refractivity contribution is 5.91. The molecule has 1 fully saturated rings. The normalized spacial score (nSPS) is 19.4. The van der Waals surface area contributed by atoms with Crippen LogP contribution < -0.4 is 5.73 Å². The van der Waals surface area contributed by atoms with Gasteiger partial charge in [0.1, 0.15) is 5.82 Å². The average Bonchev–Trinajstić information content (AvgIpc) is 2.87. The Bertz CT molecular complexity index is 470. The predicted octanol–water partition coefficient (Wildman–Crippen LogP) is 0.0947. The first-order chi connectivity index (χ1) is 9.11. The smallest absolute Gasteiger partial charge is 0.293 e. The molecule has 1 aromatic heterocycles. The molecule has 104 valence electrons. The lowest BCUT2D eigenvalue weighted by molar-refractivity contribution is -0.123. The Morgan fingerprint density at radius 3 is 3.00 bits per heavy atom. The SMILES string of the molecule is CCCc1nc(C(=O)N2CCCC(C(N)=O)C2)n[nH]1. The Morgan fingerprint density at radius 1 is 1.53 bits per heavy atom. The van der Waals surface area contributed by atoms with Crippen molar-refractivity contribution in [3.63, 3.8) is 0 Å². The average molecular weight is 265 g/mol. The van der Waals surface area contributed by atoms with Crippen molar-refractivity contribution in [2.45, 2.75) is 32.6 Å². The Balaban J connectivity index is 2.03. The Hall–Kier alpha value is -1.92. The molecule has 7 heteroatoms. The molecular weight excluding hydrogens is 246 g/mol. The van der Waals surface area contributed by atoms with Gasteiger partial charge < -0.3 is 10.6 Å². The number of aromatic amines is 1. The molecule has 1 aliphatic rings. The highest BCUT2D eigenvalue weighted by Crippen LogP contribution is 2.17. The molecule has 7 nitrogen and oxygen atoms in total. The third-order valence-corrected chi connectivity index (χ3v) is 3.32. The summed E-state index contributed by atoms with van der Waals surface area (Å²) in [6.45, 7) is 3.03. The third-order valence-electron chi connectivity index (χ3n) is 3.32. The molecular formula is C12H19N5O2. The number of primary amides is 1. The lowest BCUT2D eigenvalue weighted by atomic mass is 9.97. The number of carbonyl (C=O) groups excluding carboxylic acids is 2. The molecule has 3 N–H and O–H groups in total. The fourth-order valence-electron chi connectivity index (χ4n) is 2.27. The van der Waals surface area contributed by atoms with Gasteiger partial charge in [-0.15, -0.1) is 5.10 Å². The fraction of sp³-hybridized carbons (Fsp3) is 0.667. The van der Waals surface area contributed by atoms with E-state index in [1.807, 2.05) is 6.92 Å². The van der Waals surface area contributed by atoms with Crippen molar-refractivity contribution >= 4 is 11.8 Å². The highest BCUT2D eigenvalue weighted by Gasteiger charge is 2.29. The zero-order chi connectivity index (χ0) is 13.8. The van der Waals surface area contributed by atoms with Gasteiger partial charge in [-0.3, -0.25) is 14.7 Å². The second kappa shape index (κ2) is 5.81. The molecule has 1 unspecified atom stereocenters. The van der Waals surface area contributed by atoms with Crippen molar-refractivity contribution in [1.82, 2.24) is 20.1 Å². The Kier molecular flexibility index (Phi) is 4.13. The van der Waals surface area contributed by atoms with Gasteiger partial charge in [0.25, 0.3) is 5.91 Å². The number of aryl methyl sites for hydroxylation is 1. The molecule has 0 saturated carbocycles. The minimum Gasteiger partial charge on any atom is -0.369 e. The topological polar surface area (TPSA) is 105 Å². The number of nitrogens with two attached hydrogens (primary N) is 1. The van der Waals surface area contributed by atoms with Crippen LogP contribution >= 0.6 is 0 Å². The number of carbonyl (C=O) groups is 2. The molecule has 0 aliphatic carbocycles. The van der Waals surface area contributed by atoms with Crippen LogP contribution in [0, 0.1) is 5.92 Å².